The number of aromatic nitrogens is 1. The van der Waals surface area contributed by atoms with E-state index in [1.807, 2.05) is 35.0 Å². The minimum absolute atomic E-state index is 0.151. The Morgan fingerprint density at radius 1 is 1.13 bits per heavy atom. The zero-order chi connectivity index (χ0) is 21.5. The van der Waals surface area contributed by atoms with Gasteiger partial charge in [-0.1, -0.05) is 24.3 Å². The summed E-state index contributed by atoms with van der Waals surface area (Å²) in [6.07, 6.45) is 3.88. The van der Waals surface area contributed by atoms with Crippen molar-refractivity contribution in [1.29, 1.82) is 0 Å². The SMILES string of the molecule is COc1ccc(CC(=O)N/N=C\c2cn(CCC(N)=O)c3ccccc23)cc1OC. The van der Waals surface area contributed by atoms with Gasteiger partial charge in [-0.2, -0.15) is 5.10 Å². The maximum absolute atomic E-state index is 12.2. The molecule has 0 aliphatic carbocycles. The topological polar surface area (TPSA) is 108 Å². The van der Waals surface area contributed by atoms with E-state index in [4.69, 9.17) is 15.2 Å². The van der Waals surface area contributed by atoms with Crippen molar-refractivity contribution in [2.24, 2.45) is 10.8 Å². The van der Waals surface area contributed by atoms with Crippen LogP contribution in [-0.4, -0.2) is 36.8 Å². The average Bonchev–Trinajstić information content (AvgIpc) is 3.10. The fourth-order valence-corrected chi connectivity index (χ4v) is 3.18. The highest BCUT2D eigenvalue weighted by Crippen LogP contribution is 2.27. The molecule has 2 amide bonds. The summed E-state index contributed by atoms with van der Waals surface area (Å²) in [5.74, 6) is 0.559. The Balaban J connectivity index is 1.68. The number of methoxy groups -OCH3 is 2. The van der Waals surface area contributed by atoms with E-state index >= 15 is 0 Å². The molecule has 0 atom stereocenters. The van der Waals surface area contributed by atoms with E-state index in [2.05, 4.69) is 10.5 Å². The molecule has 0 bridgehead atoms. The summed E-state index contributed by atoms with van der Waals surface area (Å²) < 4.78 is 12.4. The van der Waals surface area contributed by atoms with E-state index in [1.165, 1.54) is 0 Å². The number of nitrogens with one attached hydrogen (secondary N) is 1. The Kier molecular flexibility index (Phi) is 6.69. The standard InChI is InChI=1S/C22H24N4O4/c1-29-19-8-7-15(11-20(19)30-2)12-22(28)25-24-13-16-14-26(10-9-21(23)27)18-6-4-3-5-17(16)18/h3-8,11,13-14H,9-10,12H2,1-2H3,(H2,23,27)(H,25,28)/b24-13-. The summed E-state index contributed by atoms with van der Waals surface area (Å²) in [6.45, 7) is 0.481. The Morgan fingerprint density at radius 2 is 1.90 bits per heavy atom. The minimum Gasteiger partial charge on any atom is -0.493 e. The van der Waals surface area contributed by atoms with E-state index in [9.17, 15) is 9.59 Å². The van der Waals surface area contributed by atoms with Crippen LogP contribution in [0.2, 0.25) is 0 Å². The molecule has 0 unspecified atom stereocenters. The Labute approximate surface area is 174 Å². The summed E-state index contributed by atoms with van der Waals surface area (Å²) in [5.41, 5.74) is 10.4. The number of hydrogen-bond donors (Lipinski definition) is 2. The molecular weight excluding hydrogens is 384 g/mol. The number of benzene rings is 2. The normalized spacial score (nSPS) is 11.0. The number of nitrogens with two attached hydrogens (primary N) is 1. The molecule has 30 heavy (non-hydrogen) atoms. The van der Waals surface area contributed by atoms with E-state index in [-0.39, 0.29) is 24.7 Å². The number of hydrazone groups is 1. The maximum atomic E-state index is 12.2. The fourth-order valence-electron chi connectivity index (χ4n) is 3.18. The van der Waals surface area contributed by atoms with Gasteiger partial charge < -0.3 is 19.8 Å². The Hall–Kier alpha value is -3.81. The largest absolute Gasteiger partial charge is 0.493 e. The number of fused-ring (bicyclic) bond motifs is 1. The Morgan fingerprint density at radius 3 is 2.63 bits per heavy atom. The van der Waals surface area contributed by atoms with Gasteiger partial charge in [0.25, 0.3) is 0 Å². The lowest BCUT2D eigenvalue weighted by atomic mass is 10.1. The van der Waals surface area contributed by atoms with Crippen molar-refractivity contribution in [2.75, 3.05) is 14.2 Å². The van der Waals surface area contributed by atoms with Crippen LogP contribution in [0.1, 0.15) is 17.5 Å². The maximum Gasteiger partial charge on any atom is 0.244 e. The lowest BCUT2D eigenvalue weighted by Gasteiger charge is -2.09. The van der Waals surface area contributed by atoms with E-state index in [1.54, 1.807) is 38.6 Å². The van der Waals surface area contributed by atoms with Gasteiger partial charge >= 0.3 is 0 Å². The molecule has 8 nitrogen and oxygen atoms in total. The summed E-state index contributed by atoms with van der Waals surface area (Å²) in [5, 5.41) is 5.06. The summed E-state index contributed by atoms with van der Waals surface area (Å²) in [7, 11) is 3.11. The molecule has 3 N–H and O–H groups in total. The highest BCUT2D eigenvalue weighted by atomic mass is 16.5. The average molecular weight is 408 g/mol. The highest BCUT2D eigenvalue weighted by Gasteiger charge is 2.09. The number of carbonyl (C=O) groups is 2. The van der Waals surface area contributed by atoms with Crippen molar-refractivity contribution in [3.8, 4) is 11.5 Å². The van der Waals surface area contributed by atoms with Gasteiger partial charge in [0, 0.05) is 35.6 Å². The molecule has 3 rings (SSSR count). The molecular formula is C22H24N4O4. The van der Waals surface area contributed by atoms with Gasteiger partial charge in [0.05, 0.1) is 26.9 Å². The van der Waals surface area contributed by atoms with Crippen molar-refractivity contribution in [1.82, 2.24) is 9.99 Å². The van der Waals surface area contributed by atoms with Gasteiger partial charge in [-0.05, 0) is 23.8 Å². The smallest absolute Gasteiger partial charge is 0.244 e. The van der Waals surface area contributed by atoms with Gasteiger partial charge in [0.1, 0.15) is 0 Å². The molecule has 0 radical (unpaired) electrons. The van der Waals surface area contributed by atoms with Gasteiger partial charge in [0.15, 0.2) is 11.5 Å². The minimum atomic E-state index is -0.356. The van der Waals surface area contributed by atoms with Gasteiger partial charge in [-0.3, -0.25) is 9.59 Å². The lowest BCUT2D eigenvalue weighted by molar-refractivity contribution is -0.120. The van der Waals surface area contributed by atoms with Gasteiger partial charge in [-0.25, -0.2) is 5.43 Å². The molecule has 2 aromatic carbocycles. The molecule has 1 aromatic heterocycles. The summed E-state index contributed by atoms with van der Waals surface area (Å²) in [4.78, 5) is 23.4. The molecule has 0 aliphatic rings. The van der Waals surface area contributed by atoms with E-state index in [0.717, 1.165) is 22.0 Å². The van der Waals surface area contributed by atoms with Crippen LogP contribution >= 0.6 is 0 Å². The van der Waals surface area contributed by atoms with Crippen LogP contribution in [0.4, 0.5) is 0 Å². The van der Waals surface area contributed by atoms with Crippen LogP contribution in [-0.2, 0) is 22.6 Å². The predicted octanol–water partition coefficient (Wildman–Crippen LogP) is 2.23. The van der Waals surface area contributed by atoms with Crippen LogP contribution in [0.3, 0.4) is 0 Å². The lowest BCUT2D eigenvalue weighted by Crippen LogP contribution is -2.19. The number of carbonyl (C=O) groups excluding carboxylic acids is 2. The summed E-state index contributed by atoms with van der Waals surface area (Å²) >= 11 is 0. The Bertz CT molecular complexity index is 1090. The molecule has 1 heterocycles. The van der Waals surface area contributed by atoms with Gasteiger partial charge in [-0.15, -0.1) is 0 Å². The van der Waals surface area contributed by atoms with Crippen molar-refractivity contribution < 1.29 is 19.1 Å². The molecule has 0 saturated heterocycles. The van der Waals surface area contributed by atoms with Crippen molar-refractivity contribution in [2.45, 2.75) is 19.4 Å². The summed E-state index contributed by atoms with van der Waals surface area (Å²) in [6, 6.07) is 13.1. The van der Waals surface area contributed by atoms with Crippen molar-refractivity contribution >= 4 is 28.9 Å². The number of ether oxygens (including phenoxy) is 2. The fraction of sp³-hybridized carbons (Fsp3) is 0.227. The third kappa shape index (κ3) is 4.96. The molecule has 8 heteroatoms. The molecule has 156 valence electrons. The second kappa shape index (κ2) is 9.60. The molecule has 3 aromatic rings. The number of primary amides is 1. The van der Waals surface area contributed by atoms with Crippen LogP contribution in [0.25, 0.3) is 10.9 Å². The molecule has 0 aliphatic heterocycles. The predicted molar refractivity (Wildman–Crippen MR) is 115 cm³/mol. The number of nitrogens with zero attached hydrogens (tertiary/aromatic N) is 2. The quantitative estimate of drug-likeness (QED) is 0.418. The van der Waals surface area contributed by atoms with Crippen molar-refractivity contribution in [3.63, 3.8) is 0 Å². The third-order valence-electron chi connectivity index (χ3n) is 4.62. The number of para-hydroxylation sites is 1. The van der Waals surface area contributed by atoms with E-state index < -0.39 is 0 Å². The second-order valence-electron chi connectivity index (χ2n) is 6.67. The van der Waals surface area contributed by atoms with Crippen LogP contribution in [0.15, 0.2) is 53.8 Å². The zero-order valence-electron chi connectivity index (χ0n) is 16.9. The van der Waals surface area contributed by atoms with Crippen LogP contribution in [0.5, 0.6) is 11.5 Å². The number of rotatable bonds is 9. The first kappa shape index (κ1) is 20.9. The zero-order valence-corrected chi connectivity index (χ0v) is 16.9. The van der Waals surface area contributed by atoms with Crippen molar-refractivity contribution in [3.05, 3.63) is 59.8 Å². The molecule has 0 fully saturated rings. The first-order valence-electron chi connectivity index (χ1n) is 9.40. The third-order valence-corrected chi connectivity index (χ3v) is 4.62. The first-order valence-corrected chi connectivity index (χ1v) is 9.40. The number of aryl methyl sites for hydroxylation is 1. The first-order chi connectivity index (χ1) is 14.5. The van der Waals surface area contributed by atoms with Crippen LogP contribution in [0, 0.1) is 0 Å². The molecule has 0 saturated carbocycles. The highest BCUT2D eigenvalue weighted by molar-refractivity contribution is 5.99. The second-order valence-corrected chi connectivity index (χ2v) is 6.67. The monoisotopic (exact) mass is 408 g/mol. The van der Waals surface area contributed by atoms with Crippen LogP contribution < -0.4 is 20.6 Å². The number of hydrogen-bond acceptors (Lipinski definition) is 5. The van der Waals surface area contributed by atoms with Gasteiger partial charge in [0.2, 0.25) is 11.8 Å². The van der Waals surface area contributed by atoms with E-state index in [0.29, 0.717) is 18.0 Å². The number of amides is 2. The molecule has 0 spiro atoms.